The van der Waals surface area contributed by atoms with Crippen LogP contribution in [-0.2, 0) is 21.8 Å². The number of nitrogens with zero attached hydrogens (tertiary/aromatic N) is 1. The molecule has 0 spiro atoms. The Hall–Kier alpha value is -2.93. The number of carbonyl (C=O) groups is 2. The lowest BCUT2D eigenvalue weighted by molar-refractivity contribution is -0.118. The summed E-state index contributed by atoms with van der Waals surface area (Å²) in [7, 11) is 1.50. The van der Waals surface area contributed by atoms with Crippen LogP contribution in [-0.4, -0.2) is 36.6 Å². The van der Waals surface area contributed by atoms with Gasteiger partial charge in [0.1, 0.15) is 6.29 Å². The van der Waals surface area contributed by atoms with Gasteiger partial charge in [0.05, 0.1) is 0 Å². The van der Waals surface area contributed by atoms with Crippen LogP contribution in [0.5, 0.6) is 0 Å². The molecule has 1 fully saturated rings. The van der Waals surface area contributed by atoms with Crippen molar-refractivity contribution in [1.82, 2.24) is 4.31 Å². The molecule has 186 valence electrons. The third-order valence-corrected chi connectivity index (χ3v) is 6.75. The average molecular weight is 492 g/mol. The zero-order valence-electron chi connectivity index (χ0n) is 20.5. The Labute approximate surface area is 214 Å². The van der Waals surface area contributed by atoms with Gasteiger partial charge < -0.3 is 16.3 Å². The first-order valence-corrected chi connectivity index (χ1v) is 13.0. The molecular weight excluding hydrogens is 454 g/mol. The molecular formula is C29H37N3O2S. The molecule has 6 heteroatoms. The van der Waals surface area contributed by atoms with Crippen LogP contribution in [0.25, 0.3) is 11.1 Å². The smallest absolute Gasteiger partial charge is 0.217 e. The lowest BCUT2D eigenvalue weighted by Crippen LogP contribution is -2.31. The summed E-state index contributed by atoms with van der Waals surface area (Å²) in [5, 5.41) is 0. The molecule has 0 bridgehead atoms. The molecule has 0 radical (unpaired) electrons. The van der Waals surface area contributed by atoms with Gasteiger partial charge in [0, 0.05) is 31.2 Å². The molecule has 35 heavy (non-hydrogen) atoms. The predicted molar refractivity (Wildman–Crippen MR) is 148 cm³/mol. The number of amides is 1. The van der Waals surface area contributed by atoms with Gasteiger partial charge in [-0.05, 0) is 48.6 Å². The second-order valence-corrected chi connectivity index (χ2v) is 9.28. The molecule has 4 N–H and O–H groups in total. The van der Waals surface area contributed by atoms with Crippen LogP contribution >= 0.6 is 11.9 Å². The van der Waals surface area contributed by atoms with Crippen molar-refractivity contribution in [3.8, 4) is 11.1 Å². The van der Waals surface area contributed by atoms with Crippen LogP contribution in [0.2, 0.25) is 0 Å². The zero-order chi connectivity index (χ0) is 25.3. The van der Waals surface area contributed by atoms with Crippen LogP contribution in [0.3, 0.4) is 0 Å². The Morgan fingerprint density at radius 3 is 2.11 bits per heavy atom. The Balaban J connectivity index is 0.000000231. The number of rotatable bonds is 8. The monoisotopic (exact) mass is 491 g/mol. The van der Waals surface area contributed by atoms with E-state index >= 15 is 0 Å². The molecule has 1 amide bonds. The van der Waals surface area contributed by atoms with Gasteiger partial charge >= 0.3 is 0 Å². The van der Waals surface area contributed by atoms with E-state index in [2.05, 4.69) is 58.6 Å². The maximum atomic E-state index is 10.7. The highest BCUT2D eigenvalue weighted by atomic mass is 32.2. The largest absolute Gasteiger partial charge is 0.370 e. The van der Waals surface area contributed by atoms with E-state index in [1.165, 1.54) is 23.7 Å². The van der Waals surface area contributed by atoms with Crippen LogP contribution in [0, 0.1) is 5.92 Å². The van der Waals surface area contributed by atoms with Gasteiger partial charge in [0.25, 0.3) is 0 Å². The Morgan fingerprint density at radius 1 is 0.914 bits per heavy atom. The number of nitrogens with two attached hydrogens (primary N) is 2. The second-order valence-electron chi connectivity index (χ2n) is 8.21. The number of piperidine rings is 1. The van der Waals surface area contributed by atoms with Crippen molar-refractivity contribution in [1.29, 1.82) is 0 Å². The number of benzene rings is 3. The van der Waals surface area contributed by atoms with Gasteiger partial charge in [0.15, 0.2) is 0 Å². The SMILES string of the molecule is CN.NC(=O)CCc1ccc(-c2ccccc2)cc1.O=CC1CCCN(SCc2ccccc2)C1. The highest BCUT2D eigenvalue weighted by molar-refractivity contribution is 7.96. The van der Waals surface area contributed by atoms with Gasteiger partial charge in [0.2, 0.25) is 5.91 Å². The van der Waals surface area contributed by atoms with Crippen molar-refractivity contribution in [2.75, 3.05) is 20.1 Å². The van der Waals surface area contributed by atoms with E-state index in [4.69, 9.17) is 5.73 Å². The van der Waals surface area contributed by atoms with Crippen molar-refractivity contribution in [3.63, 3.8) is 0 Å². The molecule has 1 aliphatic rings. The lowest BCUT2D eigenvalue weighted by Gasteiger charge is -2.28. The molecule has 3 aromatic rings. The summed E-state index contributed by atoms with van der Waals surface area (Å²) in [6.07, 6.45) is 4.43. The second kappa shape index (κ2) is 16.7. The quantitative estimate of drug-likeness (QED) is 0.338. The number of aryl methyl sites for hydroxylation is 1. The molecule has 1 unspecified atom stereocenters. The summed E-state index contributed by atoms with van der Waals surface area (Å²) < 4.78 is 2.33. The van der Waals surface area contributed by atoms with Crippen LogP contribution in [0.4, 0.5) is 0 Å². The third-order valence-electron chi connectivity index (χ3n) is 5.59. The van der Waals surface area contributed by atoms with Crippen molar-refractivity contribution in [2.24, 2.45) is 17.4 Å². The molecule has 0 aliphatic carbocycles. The average Bonchev–Trinajstić information content (AvgIpc) is 2.94. The molecule has 1 saturated heterocycles. The highest BCUT2D eigenvalue weighted by Gasteiger charge is 2.19. The van der Waals surface area contributed by atoms with E-state index in [0.717, 1.165) is 43.5 Å². The molecule has 0 saturated carbocycles. The highest BCUT2D eigenvalue weighted by Crippen LogP contribution is 2.24. The minimum atomic E-state index is -0.253. The molecule has 1 atom stereocenters. The number of aldehydes is 1. The summed E-state index contributed by atoms with van der Waals surface area (Å²) in [6.45, 7) is 2.03. The maximum absolute atomic E-state index is 10.7. The minimum Gasteiger partial charge on any atom is -0.370 e. The Bertz CT molecular complexity index is 982. The molecule has 5 nitrogen and oxygen atoms in total. The Morgan fingerprint density at radius 2 is 1.51 bits per heavy atom. The third kappa shape index (κ3) is 10.9. The number of primary amides is 1. The van der Waals surface area contributed by atoms with Crippen LogP contribution in [0.15, 0.2) is 84.9 Å². The molecule has 1 heterocycles. The van der Waals surface area contributed by atoms with Crippen molar-refractivity contribution >= 4 is 24.1 Å². The fourth-order valence-corrected chi connectivity index (χ4v) is 4.78. The van der Waals surface area contributed by atoms with Gasteiger partial charge in [-0.1, -0.05) is 96.9 Å². The minimum absolute atomic E-state index is 0.247. The normalized spacial score (nSPS) is 15.1. The van der Waals surface area contributed by atoms with Gasteiger partial charge in [-0.15, -0.1) is 0 Å². The molecule has 0 aromatic heterocycles. The zero-order valence-corrected chi connectivity index (χ0v) is 21.3. The lowest BCUT2D eigenvalue weighted by atomic mass is 10.0. The molecule has 3 aromatic carbocycles. The van der Waals surface area contributed by atoms with E-state index in [9.17, 15) is 9.59 Å². The first-order chi connectivity index (χ1) is 17.1. The first kappa shape index (κ1) is 28.3. The van der Waals surface area contributed by atoms with E-state index in [0.29, 0.717) is 12.8 Å². The molecule has 1 aliphatic heterocycles. The van der Waals surface area contributed by atoms with Crippen molar-refractivity contribution in [2.45, 2.75) is 31.4 Å². The summed E-state index contributed by atoms with van der Waals surface area (Å²) >= 11 is 1.84. The van der Waals surface area contributed by atoms with E-state index in [1.807, 2.05) is 48.3 Å². The fourth-order valence-electron chi connectivity index (χ4n) is 3.70. The van der Waals surface area contributed by atoms with Crippen LogP contribution in [0.1, 0.15) is 30.4 Å². The van der Waals surface area contributed by atoms with E-state index in [-0.39, 0.29) is 11.8 Å². The summed E-state index contributed by atoms with van der Waals surface area (Å²) in [4.78, 5) is 21.4. The van der Waals surface area contributed by atoms with Gasteiger partial charge in [-0.2, -0.15) is 0 Å². The number of hydrogen-bond donors (Lipinski definition) is 2. The summed E-state index contributed by atoms with van der Waals surface area (Å²) in [5.41, 5.74) is 14.5. The van der Waals surface area contributed by atoms with E-state index < -0.39 is 0 Å². The summed E-state index contributed by atoms with van der Waals surface area (Å²) in [5.74, 6) is 1.00. The first-order valence-electron chi connectivity index (χ1n) is 12.0. The van der Waals surface area contributed by atoms with Gasteiger partial charge in [-0.25, -0.2) is 4.31 Å². The summed E-state index contributed by atoms with van der Waals surface area (Å²) in [6, 6.07) is 28.9. The number of carbonyl (C=O) groups excluding carboxylic acids is 2. The van der Waals surface area contributed by atoms with Crippen LogP contribution < -0.4 is 11.5 Å². The maximum Gasteiger partial charge on any atom is 0.217 e. The number of hydrogen-bond acceptors (Lipinski definition) is 5. The topological polar surface area (TPSA) is 89.4 Å². The van der Waals surface area contributed by atoms with E-state index in [1.54, 1.807) is 0 Å². The van der Waals surface area contributed by atoms with Gasteiger partial charge in [-0.3, -0.25) is 4.79 Å². The molecule has 4 rings (SSSR count). The Kier molecular flexibility index (Phi) is 13.5. The fraction of sp³-hybridized carbons (Fsp3) is 0.310. The van der Waals surface area contributed by atoms with Crippen molar-refractivity contribution < 1.29 is 9.59 Å². The van der Waals surface area contributed by atoms with Crippen molar-refractivity contribution in [3.05, 3.63) is 96.1 Å². The predicted octanol–water partition coefficient (Wildman–Crippen LogP) is 5.09. The standard InChI is InChI=1S/C15H15NO.C13H17NOS.CH5N/c16-15(17)11-8-12-6-9-14(10-7-12)13-4-2-1-3-5-13;15-10-13-7-4-8-14(9-13)16-11-12-5-2-1-3-6-12;1-2/h1-7,9-10H,8,11H2,(H2,16,17);1-3,5-6,10,13H,4,7-9,11H2;2H2,1H3.